The predicted molar refractivity (Wildman–Crippen MR) is 135 cm³/mol. The number of piperazine rings is 1. The first-order valence-corrected chi connectivity index (χ1v) is 11.9. The summed E-state index contributed by atoms with van der Waals surface area (Å²) in [6.07, 6.45) is -3.02. The summed E-state index contributed by atoms with van der Waals surface area (Å²) in [7, 11) is 1.50. The Morgan fingerprint density at radius 1 is 1.11 bits per heavy atom. The summed E-state index contributed by atoms with van der Waals surface area (Å²) < 4.78 is 60.3. The van der Waals surface area contributed by atoms with Gasteiger partial charge in [-0.25, -0.2) is 13.9 Å². The quantitative estimate of drug-likeness (QED) is 0.467. The third-order valence-corrected chi connectivity index (χ3v) is 6.37. The fourth-order valence-corrected chi connectivity index (χ4v) is 4.45. The molecule has 2 N–H and O–H groups in total. The van der Waals surface area contributed by atoms with Crippen molar-refractivity contribution in [1.82, 2.24) is 14.9 Å². The molecular formula is C26H24F4N6O2. The maximum Gasteiger partial charge on any atom is 0.490 e. The number of rotatable bonds is 6. The molecule has 0 spiro atoms. The van der Waals surface area contributed by atoms with Crippen LogP contribution in [0.3, 0.4) is 0 Å². The van der Waals surface area contributed by atoms with E-state index < -0.39 is 18.0 Å². The monoisotopic (exact) mass is 528 g/mol. The molecule has 0 atom stereocenters. The lowest BCUT2D eigenvalue weighted by atomic mass is 10.0. The van der Waals surface area contributed by atoms with Crippen LogP contribution >= 0.6 is 0 Å². The minimum atomic E-state index is -4.77. The zero-order valence-electron chi connectivity index (χ0n) is 20.3. The standard InChI is InChI=1S/C26H24F4N6O2/c1-38-22-13-19(35-10-8-31-9-11-35)6-7-20(22)34-25(37)17-12-21(32-14-17)24-23(16-2-4-18(27)5-3-16)33-15-36(24)26(28,29)30/h2-7,13-15,31H,8-12H2,1H3,(H,34,37). The molecule has 1 amide bonds. The molecule has 1 aromatic heterocycles. The molecule has 0 unspecified atom stereocenters. The van der Waals surface area contributed by atoms with Crippen LogP contribution in [0, 0.1) is 5.82 Å². The lowest BCUT2D eigenvalue weighted by Gasteiger charge is -2.30. The van der Waals surface area contributed by atoms with Gasteiger partial charge in [0.05, 0.1) is 29.9 Å². The molecule has 198 valence electrons. The molecule has 2 aromatic carbocycles. The Hall–Kier alpha value is -4.19. The maximum atomic E-state index is 13.8. The molecule has 3 heterocycles. The van der Waals surface area contributed by atoms with E-state index in [1.807, 2.05) is 12.1 Å². The second-order valence-corrected chi connectivity index (χ2v) is 8.77. The fourth-order valence-electron chi connectivity index (χ4n) is 4.45. The summed E-state index contributed by atoms with van der Waals surface area (Å²) in [6.45, 7) is 3.42. The molecule has 1 fully saturated rings. The van der Waals surface area contributed by atoms with Crippen molar-refractivity contribution in [2.45, 2.75) is 12.7 Å². The molecule has 1 saturated heterocycles. The second kappa shape index (κ2) is 10.3. The van der Waals surface area contributed by atoms with Crippen LogP contribution in [0.1, 0.15) is 12.1 Å². The Balaban J connectivity index is 1.35. The number of alkyl halides is 3. The van der Waals surface area contributed by atoms with Crippen LogP contribution in [0.5, 0.6) is 5.75 Å². The van der Waals surface area contributed by atoms with Gasteiger partial charge in [-0.05, 0) is 36.4 Å². The van der Waals surface area contributed by atoms with Crippen molar-refractivity contribution in [2.75, 3.05) is 43.5 Å². The Morgan fingerprint density at radius 2 is 1.84 bits per heavy atom. The Labute approximate surface area is 215 Å². The summed E-state index contributed by atoms with van der Waals surface area (Å²) in [5.74, 6) is -0.581. The molecule has 0 radical (unpaired) electrons. The first kappa shape index (κ1) is 25.5. The van der Waals surface area contributed by atoms with Gasteiger partial charge in [0.15, 0.2) is 0 Å². The van der Waals surface area contributed by atoms with Gasteiger partial charge >= 0.3 is 6.30 Å². The van der Waals surface area contributed by atoms with Gasteiger partial charge in [-0.2, -0.15) is 0 Å². The normalized spacial score (nSPS) is 15.8. The van der Waals surface area contributed by atoms with Crippen LogP contribution in [0.15, 0.2) is 65.6 Å². The van der Waals surface area contributed by atoms with E-state index in [4.69, 9.17) is 4.74 Å². The number of carbonyl (C=O) groups excluding carboxylic acids is 1. The highest BCUT2D eigenvalue weighted by molar-refractivity contribution is 6.15. The van der Waals surface area contributed by atoms with Crippen molar-refractivity contribution in [3.05, 3.63) is 72.1 Å². The molecule has 2 aliphatic rings. The predicted octanol–water partition coefficient (Wildman–Crippen LogP) is 4.30. The maximum absolute atomic E-state index is 13.8. The van der Waals surface area contributed by atoms with E-state index in [2.05, 4.69) is 25.5 Å². The number of ether oxygens (including phenoxy) is 1. The molecule has 3 aromatic rings. The van der Waals surface area contributed by atoms with Gasteiger partial charge in [-0.3, -0.25) is 9.79 Å². The van der Waals surface area contributed by atoms with Gasteiger partial charge in [0.25, 0.3) is 5.91 Å². The number of halogens is 4. The molecule has 12 heteroatoms. The first-order chi connectivity index (χ1) is 18.2. The summed E-state index contributed by atoms with van der Waals surface area (Å²) in [6, 6.07) is 10.4. The number of carbonyl (C=O) groups is 1. The topological polar surface area (TPSA) is 83.8 Å². The molecule has 0 saturated carbocycles. The molecule has 8 nitrogen and oxygen atoms in total. The number of aliphatic imine (C=N–C) groups is 1. The van der Waals surface area contributed by atoms with E-state index in [-0.39, 0.29) is 33.7 Å². The number of methoxy groups -OCH3 is 1. The Kier molecular flexibility index (Phi) is 6.89. The number of hydrogen-bond acceptors (Lipinski definition) is 6. The van der Waals surface area contributed by atoms with Crippen molar-refractivity contribution >= 4 is 23.0 Å². The smallest absolute Gasteiger partial charge is 0.490 e. The highest BCUT2D eigenvalue weighted by Crippen LogP contribution is 2.34. The second-order valence-electron chi connectivity index (χ2n) is 8.77. The van der Waals surface area contributed by atoms with Gasteiger partial charge in [0.1, 0.15) is 17.9 Å². The van der Waals surface area contributed by atoms with E-state index in [9.17, 15) is 22.4 Å². The fraction of sp³-hybridized carbons (Fsp3) is 0.269. The number of aromatic nitrogens is 2. The molecule has 38 heavy (non-hydrogen) atoms. The zero-order valence-corrected chi connectivity index (χ0v) is 20.3. The summed E-state index contributed by atoms with van der Waals surface area (Å²) in [5, 5.41) is 6.07. The van der Waals surface area contributed by atoms with Crippen LogP contribution in [0.25, 0.3) is 11.3 Å². The van der Waals surface area contributed by atoms with Crippen molar-refractivity contribution in [1.29, 1.82) is 0 Å². The van der Waals surface area contributed by atoms with E-state index in [0.29, 0.717) is 23.3 Å². The minimum absolute atomic E-state index is 0.0127. The Morgan fingerprint density at radius 3 is 2.53 bits per heavy atom. The lowest BCUT2D eigenvalue weighted by molar-refractivity contribution is -0.204. The zero-order chi connectivity index (χ0) is 26.9. The number of hydrogen-bond donors (Lipinski definition) is 2. The van der Waals surface area contributed by atoms with Crippen molar-refractivity contribution < 1.29 is 27.1 Å². The van der Waals surface area contributed by atoms with E-state index in [1.54, 1.807) is 6.07 Å². The van der Waals surface area contributed by atoms with Crippen LogP contribution in [-0.2, 0) is 11.1 Å². The first-order valence-electron chi connectivity index (χ1n) is 11.9. The summed E-state index contributed by atoms with van der Waals surface area (Å²) in [5.41, 5.74) is 1.55. The number of imidazole rings is 1. The number of amides is 1. The van der Waals surface area contributed by atoms with Gasteiger partial charge in [-0.15, -0.1) is 13.2 Å². The van der Waals surface area contributed by atoms with Crippen LogP contribution in [0.2, 0.25) is 0 Å². The van der Waals surface area contributed by atoms with Crippen molar-refractivity contribution in [3.8, 4) is 17.0 Å². The van der Waals surface area contributed by atoms with E-state index in [0.717, 1.165) is 44.0 Å². The highest BCUT2D eigenvalue weighted by Gasteiger charge is 2.37. The van der Waals surface area contributed by atoms with E-state index >= 15 is 0 Å². The highest BCUT2D eigenvalue weighted by atomic mass is 19.4. The molecule has 5 rings (SSSR count). The summed E-state index contributed by atoms with van der Waals surface area (Å²) in [4.78, 5) is 23.3. The SMILES string of the molecule is COc1cc(N2CCNCC2)ccc1NC(=O)C1=CN=C(c2c(-c3ccc(F)cc3)ncn2C(F)(F)F)C1. The van der Waals surface area contributed by atoms with Crippen LogP contribution < -0.4 is 20.3 Å². The van der Waals surface area contributed by atoms with E-state index in [1.165, 1.54) is 25.4 Å². The largest absolute Gasteiger partial charge is 0.494 e. The lowest BCUT2D eigenvalue weighted by Crippen LogP contribution is -2.43. The third-order valence-electron chi connectivity index (χ3n) is 6.37. The molecule has 0 aliphatic carbocycles. The Bertz CT molecular complexity index is 1410. The third kappa shape index (κ3) is 5.12. The van der Waals surface area contributed by atoms with Crippen molar-refractivity contribution in [3.63, 3.8) is 0 Å². The van der Waals surface area contributed by atoms with Gasteiger partial charge in [-0.1, -0.05) is 0 Å². The van der Waals surface area contributed by atoms with Gasteiger partial charge in [0, 0.05) is 61.7 Å². The summed E-state index contributed by atoms with van der Waals surface area (Å²) >= 11 is 0. The minimum Gasteiger partial charge on any atom is -0.494 e. The number of anilines is 2. The van der Waals surface area contributed by atoms with Gasteiger partial charge in [0.2, 0.25) is 0 Å². The average Bonchev–Trinajstić information content (AvgIpc) is 3.57. The molecule has 2 aliphatic heterocycles. The number of nitrogens with one attached hydrogen (secondary N) is 2. The van der Waals surface area contributed by atoms with Gasteiger partial charge < -0.3 is 20.3 Å². The van der Waals surface area contributed by atoms with Crippen molar-refractivity contribution in [2.24, 2.45) is 4.99 Å². The van der Waals surface area contributed by atoms with Crippen LogP contribution in [0.4, 0.5) is 28.9 Å². The van der Waals surface area contributed by atoms with Crippen LogP contribution in [-0.4, -0.2) is 54.5 Å². The molecular weight excluding hydrogens is 504 g/mol. The average molecular weight is 529 g/mol. The number of benzene rings is 2. The number of nitrogens with zero attached hydrogens (tertiary/aromatic N) is 4. The molecule has 0 bridgehead atoms.